The van der Waals surface area contributed by atoms with Gasteiger partial charge in [0.25, 0.3) is 0 Å². The fourth-order valence-corrected chi connectivity index (χ4v) is 6.15. The van der Waals surface area contributed by atoms with Gasteiger partial charge in [-0.15, -0.1) is 0 Å². The number of halogens is 3. The van der Waals surface area contributed by atoms with Gasteiger partial charge in [0.15, 0.2) is 11.6 Å². The predicted octanol–water partition coefficient (Wildman–Crippen LogP) is 6.93. The number of fused-ring (bicyclic) bond motifs is 5. The number of aromatic nitrogens is 1. The van der Waals surface area contributed by atoms with Gasteiger partial charge in [0.05, 0.1) is 22.3 Å². The normalized spacial score (nSPS) is 20.6. The lowest BCUT2D eigenvalue weighted by molar-refractivity contribution is -0.129. The Morgan fingerprint density at radius 3 is 2.69 bits per heavy atom. The van der Waals surface area contributed by atoms with Gasteiger partial charge in [-0.3, -0.25) is 19.4 Å². The molecular weight excluding hydrogens is 560 g/mol. The number of benzene rings is 2. The fraction of sp³-hybridized carbons (Fsp3) is 0.273. The van der Waals surface area contributed by atoms with Gasteiger partial charge in [-0.25, -0.2) is 8.78 Å². The zero-order valence-corrected chi connectivity index (χ0v) is 23.7. The second kappa shape index (κ2) is 11.2. The summed E-state index contributed by atoms with van der Waals surface area (Å²) in [5.74, 6) is -2.41. The first-order chi connectivity index (χ1) is 20.2. The first kappa shape index (κ1) is 28.0. The SMILES string of the molecule is C[C@@H]1CCC[C@H](N2CCC(c3c(F)ccc(Cl)c3F)=CC2=O)c2cc(ccn2)-c2cc3c(cc2NC1=O)CC(=O)C=C3. The summed E-state index contributed by atoms with van der Waals surface area (Å²) < 4.78 is 29.3. The van der Waals surface area contributed by atoms with Crippen LogP contribution in [0.25, 0.3) is 22.8 Å². The van der Waals surface area contributed by atoms with Crippen molar-refractivity contribution in [2.24, 2.45) is 5.92 Å². The summed E-state index contributed by atoms with van der Waals surface area (Å²) in [6, 6.07) is 9.46. The maximum atomic E-state index is 14.7. The fourth-order valence-electron chi connectivity index (χ4n) is 5.99. The third-order valence-electron chi connectivity index (χ3n) is 8.29. The van der Waals surface area contributed by atoms with E-state index in [4.69, 9.17) is 11.6 Å². The smallest absolute Gasteiger partial charge is 0.247 e. The number of rotatable bonds is 2. The molecule has 1 aromatic heterocycles. The number of allylic oxidation sites excluding steroid dienone is 1. The molecule has 214 valence electrons. The monoisotopic (exact) mass is 587 g/mol. The molecule has 1 N–H and O–H groups in total. The number of pyridine rings is 1. The lowest BCUT2D eigenvalue weighted by Crippen LogP contribution is -2.38. The molecule has 2 bridgehead atoms. The highest BCUT2D eigenvalue weighted by Gasteiger charge is 2.31. The van der Waals surface area contributed by atoms with Crippen molar-refractivity contribution >= 4 is 46.5 Å². The van der Waals surface area contributed by atoms with Gasteiger partial charge in [-0.2, -0.15) is 0 Å². The molecule has 2 aliphatic heterocycles. The van der Waals surface area contributed by atoms with Crippen LogP contribution in [0.2, 0.25) is 5.02 Å². The zero-order valence-electron chi connectivity index (χ0n) is 22.9. The lowest BCUT2D eigenvalue weighted by Gasteiger charge is -2.34. The van der Waals surface area contributed by atoms with Crippen molar-refractivity contribution in [2.45, 2.75) is 45.1 Å². The highest BCUT2D eigenvalue weighted by Crippen LogP contribution is 2.38. The predicted molar refractivity (Wildman–Crippen MR) is 157 cm³/mol. The van der Waals surface area contributed by atoms with Crippen LogP contribution in [0.5, 0.6) is 0 Å². The summed E-state index contributed by atoms with van der Waals surface area (Å²) in [5, 5.41) is 2.88. The molecule has 1 aliphatic carbocycles. The lowest BCUT2D eigenvalue weighted by atomic mass is 9.89. The number of anilines is 1. The van der Waals surface area contributed by atoms with Crippen LogP contribution in [0.3, 0.4) is 0 Å². The molecule has 42 heavy (non-hydrogen) atoms. The molecule has 0 fully saturated rings. The van der Waals surface area contributed by atoms with Crippen LogP contribution >= 0.6 is 11.6 Å². The Balaban J connectivity index is 1.40. The van der Waals surface area contributed by atoms with Gasteiger partial charge in [-0.1, -0.05) is 31.0 Å². The van der Waals surface area contributed by atoms with E-state index in [1.165, 1.54) is 6.08 Å². The van der Waals surface area contributed by atoms with Gasteiger partial charge in [0.2, 0.25) is 11.8 Å². The third kappa shape index (κ3) is 5.27. The zero-order chi connectivity index (χ0) is 29.5. The van der Waals surface area contributed by atoms with E-state index in [0.717, 1.165) is 34.4 Å². The highest BCUT2D eigenvalue weighted by molar-refractivity contribution is 6.31. The Labute approximate surface area is 247 Å². The van der Waals surface area contributed by atoms with Crippen LogP contribution in [-0.4, -0.2) is 34.0 Å². The summed E-state index contributed by atoms with van der Waals surface area (Å²) >= 11 is 5.90. The number of ketones is 1. The van der Waals surface area contributed by atoms with Crippen LogP contribution < -0.4 is 5.32 Å². The second-order valence-electron chi connectivity index (χ2n) is 11.0. The minimum Gasteiger partial charge on any atom is -0.330 e. The van der Waals surface area contributed by atoms with Crippen LogP contribution in [0.4, 0.5) is 14.5 Å². The van der Waals surface area contributed by atoms with E-state index in [9.17, 15) is 23.2 Å². The van der Waals surface area contributed by atoms with Gasteiger partial charge < -0.3 is 10.2 Å². The van der Waals surface area contributed by atoms with Crippen molar-refractivity contribution in [3.8, 4) is 11.1 Å². The molecule has 2 aromatic carbocycles. The number of nitrogens with zero attached hydrogens (tertiary/aromatic N) is 2. The number of amides is 2. The Hall–Kier alpha value is -4.17. The summed E-state index contributed by atoms with van der Waals surface area (Å²) in [7, 11) is 0. The van der Waals surface area contributed by atoms with E-state index >= 15 is 0 Å². The van der Waals surface area contributed by atoms with Crippen molar-refractivity contribution in [1.82, 2.24) is 9.88 Å². The van der Waals surface area contributed by atoms with Crippen LogP contribution in [0.1, 0.15) is 61.0 Å². The summed E-state index contributed by atoms with van der Waals surface area (Å²) in [6.07, 6.45) is 8.63. The van der Waals surface area contributed by atoms with Crippen LogP contribution in [0, 0.1) is 17.6 Å². The standard InChI is InChI=1S/C33H28ClF2N3O3/c1-18-3-2-4-29(39-12-10-21(17-30(39)41)31-26(35)8-7-25(34)32(31)36)28-15-20(9-11-37-28)24-14-19-5-6-23(40)13-22(19)16-27(24)38-33(18)42/h5-9,11,14-18,29H,2-4,10,12-13H2,1H3,(H,38,42)/t18-,29+/m1/s1. The van der Waals surface area contributed by atoms with Crippen molar-refractivity contribution in [3.63, 3.8) is 0 Å². The molecule has 0 radical (unpaired) electrons. The molecule has 0 saturated carbocycles. The Morgan fingerprint density at radius 2 is 1.88 bits per heavy atom. The number of carbonyl (C=O) groups excluding carboxylic acids is 3. The molecule has 2 atom stereocenters. The van der Waals surface area contributed by atoms with E-state index < -0.39 is 17.7 Å². The minimum absolute atomic E-state index is 0.00795. The number of carbonyl (C=O) groups is 3. The molecule has 2 amide bonds. The molecular formula is C33H28ClF2N3O3. The van der Waals surface area contributed by atoms with E-state index in [1.54, 1.807) is 23.2 Å². The summed E-state index contributed by atoms with van der Waals surface area (Å²) in [4.78, 5) is 45.1. The van der Waals surface area contributed by atoms with Gasteiger partial charge in [0, 0.05) is 42.4 Å². The molecule has 0 saturated heterocycles. The van der Waals surface area contributed by atoms with Crippen molar-refractivity contribution < 1.29 is 23.2 Å². The number of nitrogens with one attached hydrogen (secondary N) is 1. The molecule has 0 spiro atoms. The molecule has 3 aliphatic rings. The molecule has 3 heterocycles. The van der Waals surface area contributed by atoms with E-state index in [0.29, 0.717) is 30.6 Å². The van der Waals surface area contributed by atoms with Crippen molar-refractivity contribution in [2.75, 3.05) is 11.9 Å². The average Bonchev–Trinajstić information content (AvgIpc) is 2.97. The quantitative estimate of drug-likeness (QED) is 0.330. The van der Waals surface area contributed by atoms with Gasteiger partial charge in [0.1, 0.15) is 5.82 Å². The molecule has 6 nitrogen and oxygen atoms in total. The van der Waals surface area contributed by atoms with Crippen LogP contribution in [0.15, 0.2) is 54.7 Å². The Kier molecular flexibility index (Phi) is 7.49. The summed E-state index contributed by atoms with van der Waals surface area (Å²) in [5.41, 5.74) is 4.65. The second-order valence-corrected chi connectivity index (χ2v) is 11.5. The minimum atomic E-state index is -0.878. The Bertz CT molecular complexity index is 1700. The molecule has 9 heteroatoms. The topological polar surface area (TPSA) is 79.4 Å². The summed E-state index contributed by atoms with van der Waals surface area (Å²) in [6.45, 7) is 2.11. The van der Waals surface area contributed by atoms with E-state index in [1.807, 2.05) is 31.2 Å². The van der Waals surface area contributed by atoms with Crippen LogP contribution in [-0.2, 0) is 20.8 Å². The first-order valence-electron chi connectivity index (χ1n) is 14.0. The average molecular weight is 588 g/mol. The highest BCUT2D eigenvalue weighted by atomic mass is 35.5. The number of hydrogen-bond acceptors (Lipinski definition) is 4. The van der Waals surface area contributed by atoms with E-state index in [-0.39, 0.29) is 59.1 Å². The Morgan fingerprint density at radius 1 is 1.05 bits per heavy atom. The maximum Gasteiger partial charge on any atom is 0.247 e. The van der Waals surface area contributed by atoms with Crippen molar-refractivity contribution in [3.05, 3.63) is 93.8 Å². The van der Waals surface area contributed by atoms with Gasteiger partial charge in [-0.05, 0) is 84.0 Å². The molecule has 3 aromatic rings. The maximum absolute atomic E-state index is 14.7. The largest absolute Gasteiger partial charge is 0.330 e. The third-order valence-corrected chi connectivity index (χ3v) is 8.58. The molecule has 0 unspecified atom stereocenters. The first-order valence-corrected chi connectivity index (χ1v) is 14.4. The van der Waals surface area contributed by atoms with Crippen molar-refractivity contribution in [1.29, 1.82) is 0 Å². The van der Waals surface area contributed by atoms with Gasteiger partial charge >= 0.3 is 0 Å². The van der Waals surface area contributed by atoms with E-state index in [2.05, 4.69) is 10.3 Å². The number of hydrogen-bond donors (Lipinski definition) is 1. The molecule has 6 rings (SSSR count).